The van der Waals surface area contributed by atoms with Crippen LogP contribution in [-0.2, 0) is 6.42 Å². The standard InChI is InChI=1S/C16H17NO3/c1-2-4-11-7-9-12(10-8-11)17-16(20)15-13(18)5-3-6-14(15)19/h3,5-10,18-19H,2,4H2,1H3,(H,17,20). The lowest BCUT2D eigenvalue weighted by Crippen LogP contribution is -2.12. The molecule has 0 heterocycles. The first-order valence-corrected chi connectivity index (χ1v) is 6.53. The number of phenolic OH excluding ortho intramolecular Hbond substituents is 2. The van der Waals surface area contributed by atoms with Gasteiger partial charge in [-0.3, -0.25) is 4.79 Å². The monoisotopic (exact) mass is 271 g/mol. The third-order valence-electron chi connectivity index (χ3n) is 3.00. The van der Waals surface area contributed by atoms with Crippen LogP contribution in [0.4, 0.5) is 5.69 Å². The molecule has 20 heavy (non-hydrogen) atoms. The Morgan fingerprint density at radius 1 is 1.05 bits per heavy atom. The molecular weight excluding hydrogens is 254 g/mol. The normalized spacial score (nSPS) is 10.2. The molecule has 0 spiro atoms. The highest BCUT2D eigenvalue weighted by molar-refractivity contribution is 6.08. The molecule has 0 atom stereocenters. The van der Waals surface area contributed by atoms with Gasteiger partial charge in [0.2, 0.25) is 0 Å². The van der Waals surface area contributed by atoms with Crippen LogP contribution in [-0.4, -0.2) is 16.1 Å². The molecule has 0 radical (unpaired) electrons. The van der Waals surface area contributed by atoms with Crippen molar-refractivity contribution in [1.29, 1.82) is 0 Å². The first-order chi connectivity index (χ1) is 9.61. The van der Waals surface area contributed by atoms with E-state index in [1.807, 2.05) is 12.1 Å². The van der Waals surface area contributed by atoms with Gasteiger partial charge in [0.25, 0.3) is 5.91 Å². The largest absolute Gasteiger partial charge is 0.507 e. The smallest absolute Gasteiger partial charge is 0.263 e. The first kappa shape index (κ1) is 13.9. The Bertz CT molecular complexity index is 585. The summed E-state index contributed by atoms with van der Waals surface area (Å²) < 4.78 is 0. The van der Waals surface area contributed by atoms with E-state index in [0.29, 0.717) is 5.69 Å². The van der Waals surface area contributed by atoms with Crippen LogP contribution < -0.4 is 5.32 Å². The zero-order chi connectivity index (χ0) is 14.5. The van der Waals surface area contributed by atoms with E-state index in [4.69, 9.17) is 0 Å². The van der Waals surface area contributed by atoms with Gasteiger partial charge in [-0.15, -0.1) is 0 Å². The number of phenols is 2. The number of nitrogens with one attached hydrogen (secondary N) is 1. The summed E-state index contributed by atoms with van der Waals surface area (Å²) in [5.41, 5.74) is 1.71. The van der Waals surface area contributed by atoms with Gasteiger partial charge in [-0.25, -0.2) is 0 Å². The van der Waals surface area contributed by atoms with E-state index in [2.05, 4.69) is 12.2 Å². The highest BCUT2D eigenvalue weighted by Crippen LogP contribution is 2.27. The summed E-state index contributed by atoms with van der Waals surface area (Å²) in [7, 11) is 0. The van der Waals surface area contributed by atoms with Crippen LogP contribution in [0.1, 0.15) is 29.3 Å². The highest BCUT2D eigenvalue weighted by Gasteiger charge is 2.15. The van der Waals surface area contributed by atoms with E-state index in [1.165, 1.54) is 23.8 Å². The molecule has 4 heteroatoms. The fourth-order valence-corrected chi connectivity index (χ4v) is 2.00. The average Bonchev–Trinajstić information content (AvgIpc) is 2.41. The summed E-state index contributed by atoms with van der Waals surface area (Å²) in [5, 5.41) is 21.9. The fourth-order valence-electron chi connectivity index (χ4n) is 2.00. The van der Waals surface area contributed by atoms with Crippen LogP contribution in [0.3, 0.4) is 0 Å². The van der Waals surface area contributed by atoms with Gasteiger partial charge in [-0.05, 0) is 36.2 Å². The number of hydrogen-bond donors (Lipinski definition) is 3. The van der Waals surface area contributed by atoms with Gasteiger partial charge in [-0.1, -0.05) is 31.5 Å². The summed E-state index contributed by atoms with van der Waals surface area (Å²) in [4.78, 5) is 12.0. The third-order valence-corrected chi connectivity index (χ3v) is 3.00. The number of aryl methyl sites for hydroxylation is 1. The molecular formula is C16H17NO3. The Kier molecular flexibility index (Phi) is 4.25. The predicted molar refractivity (Wildman–Crippen MR) is 78.2 cm³/mol. The number of aromatic hydroxyl groups is 2. The van der Waals surface area contributed by atoms with Crippen molar-refractivity contribution in [3.8, 4) is 11.5 Å². The molecule has 1 amide bonds. The summed E-state index contributed by atoms with van der Waals surface area (Å²) in [5.74, 6) is -1.03. The van der Waals surface area contributed by atoms with Gasteiger partial charge in [0.05, 0.1) is 0 Å². The maximum absolute atomic E-state index is 12.0. The topological polar surface area (TPSA) is 69.6 Å². The molecule has 0 aliphatic heterocycles. The summed E-state index contributed by atoms with van der Waals surface area (Å²) >= 11 is 0. The molecule has 2 aromatic carbocycles. The molecule has 0 bridgehead atoms. The second kappa shape index (κ2) is 6.10. The number of rotatable bonds is 4. The molecule has 2 rings (SSSR count). The summed E-state index contributed by atoms with van der Waals surface area (Å²) in [6, 6.07) is 11.7. The SMILES string of the molecule is CCCc1ccc(NC(=O)c2c(O)cccc2O)cc1. The molecule has 104 valence electrons. The molecule has 0 fully saturated rings. The highest BCUT2D eigenvalue weighted by atomic mass is 16.3. The molecule has 4 nitrogen and oxygen atoms in total. The van der Waals surface area contributed by atoms with Crippen LogP contribution >= 0.6 is 0 Å². The van der Waals surface area contributed by atoms with Crippen LogP contribution in [0.2, 0.25) is 0 Å². The van der Waals surface area contributed by atoms with Crippen molar-refractivity contribution < 1.29 is 15.0 Å². The van der Waals surface area contributed by atoms with Gasteiger partial charge in [0, 0.05) is 5.69 Å². The van der Waals surface area contributed by atoms with Crippen molar-refractivity contribution in [2.75, 3.05) is 5.32 Å². The zero-order valence-corrected chi connectivity index (χ0v) is 11.3. The van der Waals surface area contributed by atoms with Crippen molar-refractivity contribution in [3.05, 3.63) is 53.6 Å². The maximum Gasteiger partial charge on any atom is 0.263 e. The minimum Gasteiger partial charge on any atom is -0.507 e. The minimum atomic E-state index is -0.538. The molecule has 0 aliphatic rings. The van der Waals surface area contributed by atoms with Crippen molar-refractivity contribution >= 4 is 11.6 Å². The number of anilines is 1. The second-order valence-electron chi connectivity index (χ2n) is 4.57. The van der Waals surface area contributed by atoms with Crippen LogP contribution in [0.25, 0.3) is 0 Å². The number of carbonyl (C=O) groups is 1. The van der Waals surface area contributed by atoms with Crippen LogP contribution in [0.5, 0.6) is 11.5 Å². The molecule has 0 saturated carbocycles. The van der Waals surface area contributed by atoms with Gasteiger partial charge in [0.1, 0.15) is 17.1 Å². The van der Waals surface area contributed by atoms with Gasteiger partial charge < -0.3 is 15.5 Å². The van der Waals surface area contributed by atoms with Crippen molar-refractivity contribution in [2.45, 2.75) is 19.8 Å². The molecule has 0 aromatic heterocycles. The molecule has 3 N–H and O–H groups in total. The van der Waals surface area contributed by atoms with Gasteiger partial charge in [0.15, 0.2) is 0 Å². The Labute approximate surface area is 117 Å². The van der Waals surface area contributed by atoms with E-state index < -0.39 is 5.91 Å². The lowest BCUT2D eigenvalue weighted by atomic mass is 10.1. The molecule has 0 aliphatic carbocycles. The Balaban J connectivity index is 2.15. The second-order valence-corrected chi connectivity index (χ2v) is 4.57. The van der Waals surface area contributed by atoms with Crippen molar-refractivity contribution in [3.63, 3.8) is 0 Å². The quantitative estimate of drug-likeness (QED) is 0.799. The van der Waals surface area contributed by atoms with Gasteiger partial charge >= 0.3 is 0 Å². The van der Waals surface area contributed by atoms with E-state index in [9.17, 15) is 15.0 Å². The van der Waals surface area contributed by atoms with Crippen LogP contribution in [0, 0.1) is 0 Å². The third kappa shape index (κ3) is 3.09. The first-order valence-electron chi connectivity index (χ1n) is 6.53. The number of benzene rings is 2. The minimum absolute atomic E-state index is 0.120. The average molecular weight is 271 g/mol. The maximum atomic E-state index is 12.0. The van der Waals surface area contributed by atoms with E-state index in [0.717, 1.165) is 12.8 Å². The number of carbonyl (C=O) groups excluding carboxylic acids is 1. The summed E-state index contributed by atoms with van der Waals surface area (Å²) in [6.07, 6.45) is 2.06. The number of hydrogen-bond acceptors (Lipinski definition) is 3. The fraction of sp³-hybridized carbons (Fsp3) is 0.188. The lowest BCUT2D eigenvalue weighted by Gasteiger charge is -2.09. The zero-order valence-electron chi connectivity index (χ0n) is 11.3. The molecule has 0 saturated heterocycles. The predicted octanol–water partition coefficient (Wildman–Crippen LogP) is 3.30. The lowest BCUT2D eigenvalue weighted by molar-refractivity contribution is 0.102. The van der Waals surface area contributed by atoms with E-state index in [1.54, 1.807) is 12.1 Å². The van der Waals surface area contributed by atoms with E-state index >= 15 is 0 Å². The van der Waals surface area contributed by atoms with Crippen molar-refractivity contribution in [1.82, 2.24) is 0 Å². The molecule has 2 aromatic rings. The summed E-state index contributed by atoms with van der Waals surface area (Å²) in [6.45, 7) is 2.11. The van der Waals surface area contributed by atoms with Crippen LogP contribution in [0.15, 0.2) is 42.5 Å². The van der Waals surface area contributed by atoms with Crippen molar-refractivity contribution in [2.24, 2.45) is 0 Å². The van der Waals surface area contributed by atoms with E-state index in [-0.39, 0.29) is 17.1 Å². The Hall–Kier alpha value is -2.49. The Morgan fingerprint density at radius 2 is 1.65 bits per heavy atom. The molecule has 0 unspecified atom stereocenters. The van der Waals surface area contributed by atoms with Gasteiger partial charge in [-0.2, -0.15) is 0 Å². The Morgan fingerprint density at radius 3 is 2.20 bits per heavy atom. The number of amides is 1.